The van der Waals surface area contributed by atoms with Crippen molar-refractivity contribution in [2.24, 2.45) is 4.99 Å². The molecule has 1 amide bonds. The number of carbonyl (C=O) groups is 1. The molecule has 1 fully saturated rings. The molecule has 1 aromatic heterocycles. The summed E-state index contributed by atoms with van der Waals surface area (Å²) in [4.78, 5) is 20.2. The standard InChI is InChI=1S/C22H22N4O3S2/c27-21(23-10-9-15-11-24-18-4-2-1-3-17(15)18)14-5-7-16(8-6-14)25-22-26-19-12-31(28,29)13-20(19)30-22/h1-8,11,19-20,24H,9-10,12-13H2,(H,23,27)(H,25,26)/t19-,20-/m0/s1. The predicted molar refractivity (Wildman–Crippen MR) is 126 cm³/mol. The number of amides is 1. The van der Waals surface area contributed by atoms with E-state index in [9.17, 15) is 13.2 Å². The maximum atomic E-state index is 12.5. The summed E-state index contributed by atoms with van der Waals surface area (Å²) in [6, 6.07) is 15.2. The van der Waals surface area contributed by atoms with Gasteiger partial charge in [0.15, 0.2) is 15.0 Å². The van der Waals surface area contributed by atoms with Crippen LogP contribution in [-0.2, 0) is 16.3 Å². The number of carbonyl (C=O) groups excluding carboxylic acids is 1. The van der Waals surface area contributed by atoms with Crippen molar-refractivity contribution < 1.29 is 13.2 Å². The number of aromatic nitrogens is 1. The van der Waals surface area contributed by atoms with Crippen LogP contribution in [0.2, 0.25) is 0 Å². The van der Waals surface area contributed by atoms with Gasteiger partial charge in [-0.25, -0.2) is 8.42 Å². The van der Waals surface area contributed by atoms with Gasteiger partial charge in [0.25, 0.3) is 5.91 Å². The number of nitrogens with zero attached hydrogens (tertiary/aromatic N) is 1. The summed E-state index contributed by atoms with van der Waals surface area (Å²) < 4.78 is 23.3. The van der Waals surface area contributed by atoms with E-state index in [1.54, 1.807) is 12.1 Å². The van der Waals surface area contributed by atoms with Crippen LogP contribution >= 0.6 is 11.8 Å². The van der Waals surface area contributed by atoms with Gasteiger partial charge in [-0.3, -0.25) is 9.79 Å². The second-order valence-corrected chi connectivity index (χ2v) is 11.2. The zero-order chi connectivity index (χ0) is 21.4. The molecule has 2 aromatic carbocycles. The number of amidine groups is 1. The first-order valence-corrected chi connectivity index (χ1v) is 12.8. The number of hydrogen-bond donors (Lipinski definition) is 3. The molecule has 2 aliphatic rings. The molecule has 0 aliphatic carbocycles. The fourth-order valence-electron chi connectivity index (χ4n) is 4.00. The molecule has 3 heterocycles. The molecule has 2 atom stereocenters. The number of anilines is 1. The number of aliphatic imine (C=N–C) groups is 1. The summed E-state index contributed by atoms with van der Waals surface area (Å²) in [6.07, 6.45) is 2.75. The van der Waals surface area contributed by atoms with Crippen LogP contribution in [0.1, 0.15) is 15.9 Å². The molecule has 5 rings (SSSR count). The van der Waals surface area contributed by atoms with Gasteiger partial charge >= 0.3 is 0 Å². The smallest absolute Gasteiger partial charge is 0.251 e. The Kier molecular flexibility index (Phi) is 5.23. The number of sulfone groups is 1. The zero-order valence-corrected chi connectivity index (χ0v) is 18.3. The average Bonchev–Trinajstić information content (AvgIpc) is 3.39. The fraction of sp³-hybridized carbons (Fsp3) is 0.273. The Morgan fingerprint density at radius 2 is 1.94 bits per heavy atom. The maximum Gasteiger partial charge on any atom is 0.251 e. The van der Waals surface area contributed by atoms with Crippen molar-refractivity contribution in [1.29, 1.82) is 0 Å². The summed E-state index contributed by atoms with van der Waals surface area (Å²) in [7, 11) is -2.95. The number of hydrogen-bond acceptors (Lipinski definition) is 6. The molecule has 0 saturated carbocycles. The summed E-state index contributed by atoms with van der Waals surface area (Å²) >= 11 is 1.48. The van der Waals surface area contributed by atoms with E-state index in [-0.39, 0.29) is 28.7 Å². The number of thioether (sulfide) groups is 1. The van der Waals surface area contributed by atoms with Gasteiger partial charge in [0.05, 0.1) is 17.5 Å². The average molecular weight is 455 g/mol. The van der Waals surface area contributed by atoms with E-state index in [0.717, 1.165) is 22.8 Å². The molecule has 3 aromatic rings. The van der Waals surface area contributed by atoms with Crippen molar-refractivity contribution in [1.82, 2.24) is 10.3 Å². The van der Waals surface area contributed by atoms with E-state index >= 15 is 0 Å². The molecule has 0 bridgehead atoms. The molecule has 0 spiro atoms. The lowest BCUT2D eigenvalue weighted by atomic mass is 10.1. The first-order chi connectivity index (χ1) is 15.0. The van der Waals surface area contributed by atoms with Crippen LogP contribution in [0.25, 0.3) is 10.9 Å². The molecule has 9 heteroatoms. The summed E-state index contributed by atoms with van der Waals surface area (Å²) in [5.74, 6) is 0.209. The maximum absolute atomic E-state index is 12.5. The number of nitrogens with one attached hydrogen (secondary N) is 3. The van der Waals surface area contributed by atoms with Gasteiger partial charge in [-0.1, -0.05) is 30.0 Å². The Labute approximate surface area is 184 Å². The lowest BCUT2D eigenvalue weighted by Gasteiger charge is -2.08. The molecule has 3 N–H and O–H groups in total. The van der Waals surface area contributed by atoms with Crippen molar-refractivity contribution in [2.75, 3.05) is 23.4 Å². The number of para-hydroxylation sites is 1. The number of H-pyrrole nitrogens is 1. The molecule has 31 heavy (non-hydrogen) atoms. The van der Waals surface area contributed by atoms with Crippen molar-refractivity contribution in [3.63, 3.8) is 0 Å². The van der Waals surface area contributed by atoms with Gasteiger partial charge < -0.3 is 15.6 Å². The number of fused-ring (bicyclic) bond motifs is 2. The van der Waals surface area contributed by atoms with Crippen molar-refractivity contribution >= 4 is 49.3 Å². The third-order valence-corrected chi connectivity index (χ3v) is 8.71. The molecular weight excluding hydrogens is 432 g/mol. The van der Waals surface area contributed by atoms with Crippen molar-refractivity contribution in [2.45, 2.75) is 17.7 Å². The third kappa shape index (κ3) is 4.33. The van der Waals surface area contributed by atoms with E-state index in [1.165, 1.54) is 22.7 Å². The van der Waals surface area contributed by atoms with Crippen LogP contribution in [0.3, 0.4) is 0 Å². The highest BCUT2D eigenvalue weighted by molar-refractivity contribution is 8.15. The van der Waals surface area contributed by atoms with Gasteiger partial charge in [-0.05, 0) is 42.3 Å². The van der Waals surface area contributed by atoms with E-state index < -0.39 is 9.84 Å². The third-order valence-electron chi connectivity index (χ3n) is 5.57. The Hall–Kier alpha value is -2.78. The summed E-state index contributed by atoms with van der Waals surface area (Å²) in [5.41, 5.74) is 3.70. The fourth-order valence-corrected chi connectivity index (χ4v) is 7.67. The molecule has 7 nitrogen and oxygen atoms in total. The summed E-state index contributed by atoms with van der Waals surface area (Å²) in [6.45, 7) is 0.555. The second kappa shape index (κ2) is 8.05. The number of aromatic amines is 1. The Morgan fingerprint density at radius 3 is 2.74 bits per heavy atom. The van der Waals surface area contributed by atoms with E-state index in [2.05, 4.69) is 26.7 Å². The minimum atomic E-state index is -2.95. The Bertz CT molecular complexity index is 1270. The summed E-state index contributed by atoms with van der Waals surface area (Å²) in [5, 5.41) is 8.12. The zero-order valence-electron chi connectivity index (χ0n) is 16.7. The van der Waals surface area contributed by atoms with Crippen LogP contribution < -0.4 is 10.6 Å². The molecular formula is C22H22N4O3S2. The van der Waals surface area contributed by atoms with Crippen LogP contribution in [0.4, 0.5) is 5.69 Å². The van der Waals surface area contributed by atoms with E-state index in [1.807, 2.05) is 36.5 Å². The number of benzene rings is 2. The molecule has 1 saturated heterocycles. The van der Waals surface area contributed by atoms with Gasteiger partial charge in [0.2, 0.25) is 0 Å². The Morgan fingerprint density at radius 1 is 1.13 bits per heavy atom. The van der Waals surface area contributed by atoms with Crippen molar-refractivity contribution in [3.8, 4) is 0 Å². The SMILES string of the molecule is O=C(NCCc1c[nH]c2ccccc12)c1ccc(NC2=N[C@H]3CS(=O)(=O)C[C@@H]3S2)cc1. The van der Waals surface area contributed by atoms with Crippen LogP contribution in [0.5, 0.6) is 0 Å². The number of rotatable bonds is 5. The quantitative estimate of drug-likeness (QED) is 0.550. The monoisotopic (exact) mass is 454 g/mol. The highest BCUT2D eigenvalue weighted by Gasteiger charge is 2.42. The molecule has 160 valence electrons. The van der Waals surface area contributed by atoms with Gasteiger partial charge in [0.1, 0.15) is 0 Å². The first kappa shape index (κ1) is 20.1. The van der Waals surface area contributed by atoms with Crippen LogP contribution in [0.15, 0.2) is 59.7 Å². The minimum Gasteiger partial charge on any atom is -0.361 e. The highest BCUT2D eigenvalue weighted by atomic mass is 32.2. The normalized spacial score (nSPS) is 21.6. The largest absolute Gasteiger partial charge is 0.361 e. The molecule has 2 aliphatic heterocycles. The topological polar surface area (TPSA) is 103 Å². The predicted octanol–water partition coefficient (Wildman–Crippen LogP) is 2.82. The first-order valence-electron chi connectivity index (χ1n) is 10.1. The molecule has 0 radical (unpaired) electrons. The van der Waals surface area contributed by atoms with Gasteiger partial charge in [-0.2, -0.15) is 0 Å². The van der Waals surface area contributed by atoms with Gasteiger partial charge in [-0.15, -0.1) is 0 Å². The highest BCUT2D eigenvalue weighted by Crippen LogP contribution is 2.34. The van der Waals surface area contributed by atoms with Gasteiger partial charge in [0, 0.05) is 40.1 Å². The van der Waals surface area contributed by atoms with Crippen LogP contribution in [-0.4, -0.2) is 53.8 Å². The minimum absolute atomic E-state index is 0.00898. The van der Waals surface area contributed by atoms with E-state index in [4.69, 9.17) is 0 Å². The van der Waals surface area contributed by atoms with Crippen LogP contribution in [0, 0.1) is 0 Å². The lowest BCUT2D eigenvalue weighted by Crippen LogP contribution is -2.25. The van der Waals surface area contributed by atoms with Crippen molar-refractivity contribution in [3.05, 3.63) is 65.9 Å². The molecule has 0 unspecified atom stereocenters. The lowest BCUT2D eigenvalue weighted by molar-refractivity contribution is 0.0954. The Balaban J connectivity index is 1.14. The van der Waals surface area contributed by atoms with E-state index in [0.29, 0.717) is 12.1 Å². The second-order valence-electron chi connectivity index (χ2n) is 7.80.